The number of β-amino-alcohol motifs (C(OH)–C–C–N with tert-alkyl or cyclic N) is 1. The van der Waals surface area contributed by atoms with Crippen LogP contribution in [-0.2, 0) is 0 Å². The highest BCUT2D eigenvalue weighted by Gasteiger charge is 2.17. The molecule has 1 aromatic rings. The Balaban J connectivity index is 1.73. The van der Waals surface area contributed by atoms with Gasteiger partial charge in [-0.25, -0.2) is 4.39 Å². The molecule has 1 aliphatic heterocycles. The molecule has 2 rings (SSSR count). The quantitative estimate of drug-likeness (QED) is 0.712. The van der Waals surface area contributed by atoms with Gasteiger partial charge in [0.05, 0.1) is 11.7 Å². The van der Waals surface area contributed by atoms with Crippen LogP contribution in [0.2, 0.25) is 0 Å². The van der Waals surface area contributed by atoms with E-state index in [-0.39, 0.29) is 17.4 Å². The summed E-state index contributed by atoms with van der Waals surface area (Å²) >= 11 is 0. The second kappa shape index (κ2) is 7.38. The number of amides is 1. The summed E-state index contributed by atoms with van der Waals surface area (Å²) in [4.78, 5) is 14.0. The number of carbonyl (C=O) groups excluding carboxylic acids is 1. The van der Waals surface area contributed by atoms with E-state index in [2.05, 4.69) is 10.2 Å². The number of phenols is 1. The smallest absolute Gasteiger partial charge is 0.254 e. The first-order valence-corrected chi connectivity index (χ1v) is 7.23. The second-order valence-corrected chi connectivity index (χ2v) is 5.37. The number of halogens is 1. The van der Waals surface area contributed by atoms with Gasteiger partial charge in [0.2, 0.25) is 0 Å². The molecule has 1 saturated heterocycles. The minimum atomic E-state index is -0.649. The van der Waals surface area contributed by atoms with E-state index in [1.807, 2.05) is 0 Å². The highest BCUT2D eigenvalue weighted by Crippen LogP contribution is 2.15. The number of hydrogen-bond donors (Lipinski definition) is 3. The minimum Gasteiger partial charge on any atom is -0.508 e. The summed E-state index contributed by atoms with van der Waals surface area (Å²) in [6.07, 6.45) is 2.32. The van der Waals surface area contributed by atoms with Crippen molar-refractivity contribution in [1.82, 2.24) is 10.2 Å². The Morgan fingerprint density at radius 2 is 2.29 bits per heavy atom. The topological polar surface area (TPSA) is 72.8 Å². The molecule has 116 valence electrons. The van der Waals surface area contributed by atoms with Gasteiger partial charge in [-0.05, 0) is 50.6 Å². The zero-order valence-corrected chi connectivity index (χ0v) is 11.9. The summed E-state index contributed by atoms with van der Waals surface area (Å²) < 4.78 is 13.5. The van der Waals surface area contributed by atoms with Crippen molar-refractivity contribution in [2.24, 2.45) is 0 Å². The SMILES string of the molecule is O=C(NCCCN1CCC[C@@H](O)C1)c1cc(O)ccc1F. The molecule has 21 heavy (non-hydrogen) atoms. The summed E-state index contributed by atoms with van der Waals surface area (Å²) in [6, 6.07) is 3.39. The van der Waals surface area contributed by atoms with Crippen molar-refractivity contribution in [3.63, 3.8) is 0 Å². The van der Waals surface area contributed by atoms with Gasteiger partial charge in [-0.2, -0.15) is 0 Å². The van der Waals surface area contributed by atoms with Gasteiger partial charge in [0, 0.05) is 13.1 Å². The van der Waals surface area contributed by atoms with Crippen molar-refractivity contribution in [2.75, 3.05) is 26.2 Å². The van der Waals surface area contributed by atoms with Crippen LogP contribution in [0.4, 0.5) is 4.39 Å². The third kappa shape index (κ3) is 4.68. The zero-order chi connectivity index (χ0) is 15.2. The van der Waals surface area contributed by atoms with Crippen LogP contribution in [0, 0.1) is 5.82 Å². The second-order valence-electron chi connectivity index (χ2n) is 5.37. The van der Waals surface area contributed by atoms with E-state index >= 15 is 0 Å². The van der Waals surface area contributed by atoms with Crippen molar-refractivity contribution in [2.45, 2.75) is 25.4 Å². The molecule has 0 aromatic heterocycles. The van der Waals surface area contributed by atoms with Gasteiger partial charge in [0.15, 0.2) is 0 Å². The Bertz CT molecular complexity index is 496. The van der Waals surface area contributed by atoms with Crippen LogP contribution in [0.1, 0.15) is 29.6 Å². The lowest BCUT2D eigenvalue weighted by atomic mass is 10.1. The average Bonchev–Trinajstić information content (AvgIpc) is 2.46. The van der Waals surface area contributed by atoms with Gasteiger partial charge in [0.25, 0.3) is 5.91 Å². The fraction of sp³-hybridized carbons (Fsp3) is 0.533. The summed E-state index contributed by atoms with van der Waals surface area (Å²) in [5.74, 6) is -1.31. The fourth-order valence-electron chi connectivity index (χ4n) is 2.52. The van der Waals surface area contributed by atoms with E-state index < -0.39 is 11.7 Å². The number of nitrogens with zero attached hydrogens (tertiary/aromatic N) is 1. The van der Waals surface area contributed by atoms with Crippen LogP contribution in [0.15, 0.2) is 18.2 Å². The van der Waals surface area contributed by atoms with E-state index in [0.717, 1.165) is 44.5 Å². The molecule has 0 unspecified atom stereocenters. The molecular formula is C15H21FN2O3. The molecule has 0 saturated carbocycles. The standard InChI is InChI=1S/C15H21FN2O3/c16-14-5-4-11(19)9-13(14)15(21)17-6-2-8-18-7-1-3-12(20)10-18/h4-5,9,12,19-20H,1-3,6-8,10H2,(H,17,21)/t12-/m1/s1. The number of hydrogen-bond acceptors (Lipinski definition) is 4. The van der Waals surface area contributed by atoms with E-state index in [0.29, 0.717) is 13.1 Å². The number of rotatable bonds is 5. The van der Waals surface area contributed by atoms with Gasteiger partial charge >= 0.3 is 0 Å². The molecule has 1 heterocycles. The molecule has 0 aliphatic carbocycles. The summed E-state index contributed by atoms with van der Waals surface area (Å²) in [7, 11) is 0. The molecule has 1 atom stereocenters. The minimum absolute atomic E-state index is 0.135. The third-order valence-corrected chi connectivity index (χ3v) is 3.61. The van der Waals surface area contributed by atoms with Gasteiger partial charge in [0.1, 0.15) is 11.6 Å². The maximum Gasteiger partial charge on any atom is 0.254 e. The van der Waals surface area contributed by atoms with Crippen molar-refractivity contribution >= 4 is 5.91 Å². The molecule has 3 N–H and O–H groups in total. The first kappa shape index (κ1) is 15.7. The number of piperidine rings is 1. The maximum atomic E-state index is 13.5. The molecule has 1 fully saturated rings. The predicted octanol–water partition coefficient (Wildman–Crippen LogP) is 1.11. The number of nitrogens with one attached hydrogen (secondary N) is 1. The van der Waals surface area contributed by atoms with Crippen LogP contribution in [0.3, 0.4) is 0 Å². The maximum absolute atomic E-state index is 13.5. The average molecular weight is 296 g/mol. The van der Waals surface area contributed by atoms with Gasteiger partial charge in [-0.3, -0.25) is 4.79 Å². The monoisotopic (exact) mass is 296 g/mol. The molecule has 1 amide bonds. The van der Waals surface area contributed by atoms with E-state index in [9.17, 15) is 19.4 Å². The van der Waals surface area contributed by atoms with Crippen molar-refractivity contribution in [1.29, 1.82) is 0 Å². The van der Waals surface area contributed by atoms with E-state index in [1.165, 1.54) is 6.07 Å². The lowest BCUT2D eigenvalue weighted by molar-refractivity contribution is 0.0697. The number of aromatic hydroxyl groups is 1. The highest BCUT2D eigenvalue weighted by molar-refractivity contribution is 5.94. The molecule has 1 aliphatic rings. The van der Waals surface area contributed by atoms with E-state index in [1.54, 1.807) is 0 Å². The van der Waals surface area contributed by atoms with Crippen molar-refractivity contribution in [3.8, 4) is 5.75 Å². The summed E-state index contributed by atoms with van der Waals surface area (Å²) in [5, 5.41) is 21.5. The Morgan fingerprint density at radius 3 is 3.05 bits per heavy atom. The first-order valence-electron chi connectivity index (χ1n) is 7.23. The number of benzene rings is 1. The van der Waals surface area contributed by atoms with Crippen molar-refractivity contribution < 1.29 is 19.4 Å². The van der Waals surface area contributed by atoms with Crippen LogP contribution >= 0.6 is 0 Å². The Kier molecular flexibility index (Phi) is 5.52. The lowest BCUT2D eigenvalue weighted by Gasteiger charge is -2.29. The van der Waals surface area contributed by atoms with Crippen molar-refractivity contribution in [3.05, 3.63) is 29.6 Å². The zero-order valence-electron chi connectivity index (χ0n) is 11.9. The van der Waals surface area contributed by atoms with Gasteiger partial charge in [-0.15, -0.1) is 0 Å². The van der Waals surface area contributed by atoms with Gasteiger partial charge < -0.3 is 20.4 Å². The third-order valence-electron chi connectivity index (χ3n) is 3.61. The summed E-state index contributed by atoms with van der Waals surface area (Å²) in [6.45, 7) is 2.86. The van der Waals surface area contributed by atoms with Crippen LogP contribution in [-0.4, -0.2) is 53.3 Å². The number of aliphatic hydroxyl groups is 1. The molecule has 6 heteroatoms. The summed E-state index contributed by atoms with van der Waals surface area (Å²) in [5.41, 5.74) is -0.150. The fourth-order valence-corrected chi connectivity index (χ4v) is 2.52. The Morgan fingerprint density at radius 1 is 1.48 bits per heavy atom. The molecule has 0 bridgehead atoms. The Labute approximate surface area is 123 Å². The first-order chi connectivity index (χ1) is 10.1. The van der Waals surface area contributed by atoms with Crippen LogP contribution in [0.25, 0.3) is 0 Å². The molecule has 5 nitrogen and oxygen atoms in total. The number of phenolic OH excluding ortho intramolecular Hbond substituents is 1. The van der Waals surface area contributed by atoms with Crippen LogP contribution in [0.5, 0.6) is 5.75 Å². The molecule has 0 spiro atoms. The molecule has 1 aromatic carbocycles. The molecular weight excluding hydrogens is 275 g/mol. The largest absolute Gasteiger partial charge is 0.508 e. The van der Waals surface area contributed by atoms with Crippen LogP contribution < -0.4 is 5.32 Å². The number of aliphatic hydroxyl groups excluding tert-OH is 1. The normalized spacial score (nSPS) is 19.4. The highest BCUT2D eigenvalue weighted by atomic mass is 19.1. The number of likely N-dealkylation sites (tertiary alicyclic amines) is 1. The van der Waals surface area contributed by atoms with Gasteiger partial charge in [-0.1, -0.05) is 0 Å². The Hall–Kier alpha value is -1.66. The lowest BCUT2D eigenvalue weighted by Crippen LogP contribution is -2.39. The molecule has 0 radical (unpaired) electrons. The number of carbonyl (C=O) groups is 1. The predicted molar refractivity (Wildman–Crippen MR) is 76.7 cm³/mol. The van der Waals surface area contributed by atoms with E-state index in [4.69, 9.17) is 0 Å².